The molecule has 0 aliphatic carbocycles. The number of rotatable bonds is 3. The first kappa shape index (κ1) is 16.9. The fourth-order valence-electron chi connectivity index (χ4n) is 3.63. The molecule has 1 aromatic heterocycles. The monoisotopic (exact) mass is 365 g/mol. The van der Waals surface area contributed by atoms with Crippen LogP contribution >= 0.6 is 11.6 Å². The Morgan fingerprint density at radius 3 is 2.77 bits per heavy atom. The molecule has 4 nitrogen and oxygen atoms in total. The molecule has 4 rings (SSSR count). The van der Waals surface area contributed by atoms with Crippen molar-refractivity contribution >= 4 is 23.2 Å². The number of halogens is 1. The lowest BCUT2D eigenvalue weighted by molar-refractivity contribution is 0.451. The lowest BCUT2D eigenvalue weighted by atomic mass is 9.95. The number of aryl methyl sites for hydroxylation is 1. The van der Waals surface area contributed by atoms with E-state index in [0.29, 0.717) is 11.0 Å². The van der Waals surface area contributed by atoms with E-state index in [4.69, 9.17) is 11.6 Å². The minimum absolute atomic E-state index is 0.162. The highest BCUT2D eigenvalue weighted by Crippen LogP contribution is 2.34. The van der Waals surface area contributed by atoms with Gasteiger partial charge in [0.2, 0.25) is 5.95 Å². The largest absolute Gasteiger partial charge is 0.325 e. The third-order valence-corrected chi connectivity index (χ3v) is 5.37. The summed E-state index contributed by atoms with van der Waals surface area (Å²) in [5.41, 5.74) is 3.83. The van der Waals surface area contributed by atoms with Gasteiger partial charge in [0.25, 0.3) is 5.56 Å². The Morgan fingerprint density at radius 2 is 1.96 bits per heavy atom. The molecule has 0 radical (unpaired) electrons. The van der Waals surface area contributed by atoms with Crippen LogP contribution in [0.4, 0.5) is 11.6 Å². The molecular formula is C21H20ClN3O. The Labute approximate surface area is 157 Å². The van der Waals surface area contributed by atoms with Gasteiger partial charge in [-0.25, -0.2) is 0 Å². The molecule has 0 spiro atoms. The molecule has 1 atom stereocenters. The number of benzene rings is 2. The smallest absolute Gasteiger partial charge is 0.274 e. The van der Waals surface area contributed by atoms with Crippen molar-refractivity contribution in [3.8, 4) is 0 Å². The molecule has 1 aliphatic heterocycles. The van der Waals surface area contributed by atoms with E-state index >= 15 is 0 Å². The van der Waals surface area contributed by atoms with Crippen LogP contribution in [0.2, 0.25) is 5.02 Å². The van der Waals surface area contributed by atoms with Gasteiger partial charge < -0.3 is 9.88 Å². The third-order valence-electron chi connectivity index (χ3n) is 4.96. The number of anilines is 2. The molecule has 0 bridgehead atoms. The average Bonchev–Trinajstić information content (AvgIpc) is 2.65. The van der Waals surface area contributed by atoms with Gasteiger partial charge in [0, 0.05) is 22.5 Å². The molecule has 0 saturated carbocycles. The van der Waals surface area contributed by atoms with Gasteiger partial charge in [-0.15, -0.1) is 0 Å². The summed E-state index contributed by atoms with van der Waals surface area (Å²) in [4.78, 5) is 16.4. The maximum atomic E-state index is 12.2. The van der Waals surface area contributed by atoms with Gasteiger partial charge in [-0.2, -0.15) is 4.98 Å². The Balaban J connectivity index is 1.84. The fourth-order valence-corrected chi connectivity index (χ4v) is 3.80. The number of nitrogens with one attached hydrogen (secondary N) is 1. The van der Waals surface area contributed by atoms with Crippen LogP contribution in [-0.4, -0.2) is 9.55 Å². The van der Waals surface area contributed by atoms with Gasteiger partial charge >= 0.3 is 0 Å². The molecule has 3 aromatic rings. The first-order chi connectivity index (χ1) is 12.6. The van der Waals surface area contributed by atoms with E-state index in [1.807, 2.05) is 43.3 Å². The molecule has 132 valence electrons. The molecule has 0 fully saturated rings. The van der Waals surface area contributed by atoms with Crippen molar-refractivity contribution in [2.75, 3.05) is 5.32 Å². The molecule has 5 heteroatoms. The molecule has 0 amide bonds. The summed E-state index contributed by atoms with van der Waals surface area (Å²) >= 11 is 6.25. The van der Waals surface area contributed by atoms with Crippen molar-refractivity contribution in [1.29, 1.82) is 0 Å². The number of hydrogen-bond donors (Lipinski definition) is 1. The van der Waals surface area contributed by atoms with Crippen LogP contribution in [-0.2, 0) is 6.42 Å². The van der Waals surface area contributed by atoms with Crippen LogP contribution in [0, 0.1) is 6.92 Å². The minimum atomic E-state index is -0.216. The summed E-state index contributed by atoms with van der Waals surface area (Å²) in [5, 5.41) is 4.04. The normalized spacial score (nSPS) is 16.2. The zero-order valence-electron chi connectivity index (χ0n) is 14.6. The Morgan fingerprint density at radius 1 is 1.15 bits per heavy atom. The number of fused-ring (bicyclic) bond motifs is 1. The second-order valence-electron chi connectivity index (χ2n) is 6.64. The lowest BCUT2D eigenvalue weighted by Crippen LogP contribution is -2.27. The van der Waals surface area contributed by atoms with Gasteiger partial charge in [-0.1, -0.05) is 48.0 Å². The van der Waals surface area contributed by atoms with Crippen LogP contribution < -0.4 is 10.9 Å². The van der Waals surface area contributed by atoms with Gasteiger partial charge in [0.1, 0.15) is 0 Å². The SMILES string of the molecule is Cc1c(Cl)cccc1Nc1nc(=O)cc2n1C(c1ccccc1)CCC2. The van der Waals surface area contributed by atoms with E-state index in [-0.39, 0.29) is 11.6 Å². The van der Waals surface area contributed by atoms with E-state index in [9.17, 15) is 4.79 Å². The summed E-state index contributed by atoms with van der Waals surface area (Å²) < 4.78 is 2.17. The van der Waals surface area contributed by atoms with E-state index < -0.39 is 0 Å². The number of hydrogen-bond acceptors (Lipinski definition) is 3. The summed E-state index contributed by atoms with van der Waals surface area (Å²) in [6, 6.07) is 17.9. The second-order valence-corrected chi connectivity index (χ2v) is 7.04. The minimum Gasteiger partial charge on any atom is -0.325 e. The predicted octanol–water partition coefficient (Wildman–Crippen LogP) is 4.87. The quantitative estimate of drug-likeness (QED) is 0.720. The first-order valence-electron chi connectivity index (χ1n) is 8.83. The zero-order chi connectivity index (χ0) is 18.1. The van der Waals surface area contributed by atoms with E-state index in [2.05, 4.69) is 27.0 Å². The number of aromatic nitrogens is 2. The Hall–Kier alpha value is -2.59. The van der Waals surface area contributed by atoms with Gasteiger partial charge in [0.05, 0.1) is 6.04 Å². The first-order valence-corrected chi connectivity index (χ1v) is 9.21. The van der Waals surface area contributed by atoms with Crippen LogP contribution in [0.5, 0.6) is 0 Å². The highest BCUT2D eigenvalue weighted by Gasteiger charge is 2.24. The van der Waals surface area contributed by atoms with E-state index in [1.54, 1.807) is 6.07 Å². The Bertz CT molecular complexity index is 998. The van der Waals surface area contributed by atoms with Crippen LogP contribution in [0.3, 0.4) is 0 Å². The maximum Gasteiger partial charge on any atom is 0.274 e. The molecule has 1 aliphatic rings. The van der Waals surface area contributed by atoms with Gasteiger partial charge in [-0.05, 0) is 49.4 Å². The van der Waals surface area contributed by atoms with Crippen LogP contribution in [0.25, 0.3) is 0 Å². The topological polar surface area (TPSA) is 46.9 Å². The van der Waals surface area contributed by atoms with E-state index in [0.717, 1.165) is 36.2 Å². The van der Waals surface area contributed by atoms with Crippen LogP contribution in [0.1, 0.15) is 35.7 Å². The van der Waals surface area contributed by atoms with Crippen molar-refractivity contribution in [2.45, 2.75) is 32.2 Å². The molecule has 2 heterocycles. The molecule has 26 heavy (non-hydrogen) atoms. The van der Waals surface area contributed by atoms with Gasteiger partial charge in [-0.3, -0.25) is 4.79 Å². The van der Waals surface area contributed by atoms with Crippen molar-refractivity contribution in [3.63, 3.8) is 0 Å². The van der Waals surface area contributed by atoms with Crippen LogP contribution in [0.15, 0.2) is 59.4 Å². The molecule has 1 N–H and O–H groups in total. The number of nitrogens with zero attached hydrogens (tertiary/aromatic N) is 2. The van der Waals surface area contributed by atoms with Crippen molar-refractivity contribution in [1.82, 2.24) is 9.55 Å². The van der Waals surface area contributed by atoms with Crippen molar-refractivity contribution in [3.05, 3.63) is 86.8 Å². The third kappa shape index (κ3) is 3.13. The van der Waals surface area contributed by atoms with Crippen molar-refractivity contribution < 1.29 is 0 Å². The summed E-state index contributed by atoms with van der Waals surface area (Å²) in [7, 11) is 0. The molecular weight excluding hydrogens is 346 g/mol. The predicted molar refractivity (Wildman–Crippen MR) is 105 cm³/mol. The highest BCUT2D eigenvalue weighted by atomic mass is 35.5. The lowest BCUT2D eigenvalue weighted by Gasteiger charge is -2.31. The molecule has 0 saturated heterocycles. The standard InChI is InChI=1S/C21H20ClN3O/c1-14-17(22)10-6-11-18(14)23-21-24-20(26)13-16-9-5-12-19(25(16)21)15-7-3-2-4-8-15/h2-4,6-8,10-11,13,19H,5,9,12H2,1H3,(H,23,24,26). The summed E-state index contributed by atoms with van der Waals surface area (Å²) in [5.74, 6) is 0.575. The fraction of sp³-hybridized carbons (Fsp3) is 0.238. The molecule has 1 unspecified atom stereocenters. The molecule has 2 aromatic carbocycles. The van der Waals surface area contributed by atoms with Crippen molar-refractivity contribution in [2.24, 2.45) is 0 Å². The Kier molecular flexibility index (Phi) is 4.51. The van der Waals surface area contributed by atoms with E-state index in [1.165, 1.54) is 5.56 Å². The summed E-state index contributed by atoms with van der Waals surface area (Å²) in [6.45, 7) is 1.96. The summed E-state index contributed by atoms with van der Waals surface area (Å²) in [6.07, 6.45) is 2.95. The van der Waals surface area contributed by atoms with Gasteiger partial charge in [0.15, 0.2) is 0 Å². The maximum absolute atomic E-state index is 12.2. The highest BCUT2D eigenvalue weighted by molar-refractivity contribution is 6.31. The zero-order valence-corrected chi connectivity index (χ0v) is 15.3. The second kappa shape index (κ2) is 6.96. The average molecular weight is 366 g/mol.